The van der Waals surface area contributed by atoms with Crippen LogP contribution >= 0.6 is 0 Å². The fourth-order valence-corrected chi connectivity index (χ4v) is 4.70. The maximum absolute atomic E-state index is 5.22. The molecule has 2 aliphatic rings. The number of hydrogen-bond donors (Lipinski definition) is 0. The topological polar surface area (TPSA) is 31.2 Å². The highest BCUT2D eigenvalue weighted by molar-refractivity contribution is 6.50. The fourth-order valence-electron chi connectivity index (χ4n) is 4.70. The van der Waals surface area contributed by atoms with E-state index in [2.05, 4.69) is 114 Å². The van der Waals surface area contributed by atoms with Crippen LogP contribution in [-0.4, -0.2) is 36.8 Å². The first kappa shape index (κ1) is 24.5. The van der Waals surface area contributed by atoms with Gasteiger partial charge in [0.05, 0.1) is 12.1 Å². The van der Waals surface area contributed by atoms with Gasteiger partial charge in [0.1, 0.15) is 0 Å². The highest BCUT2D eigenvalue weighted by Crippen LogP contribution is 2.33. The molecule has 0 fully saturated rings. The van der Waals surface area contributed by atoms with Gasteiger partial charge in [-0.1, -0.05) is 79.7 Å². The Labute approximate surface area is 206 Å². The second-order valence-corrected chi connectivity index (χ2v) is 11.9. The van der Waals surface area contributed by atoms with Crippen molar-refractivity contribution >= 4 is 23.0 Å². The van der Waals surface area contributed by atoms with Crippen molar-refractivity contribution in [3.63, 3.8) is 0 Å². The molecule has 2 aliphatic heterocycles. The standard InChI is InChI=1S/C30H42N4/c1-9-23-19-33(25-15-11-13-21(17-25)29(3,4)5)27(31-23)28-32-24(10-2)20-34(28)26-16-12-14-22(18-26)30(6,7)8/h11-18,23-24H,9-10,19-20H2,1-8H3/t23-,24-/m0/s1. The summed E-state index contributed by atoms with van der Waals surface area (Å²) in [4.78, 5) is 15.3. The summed E-state index contributed by atoms with van der Waals surface area (Å²) in [5, 5.41) is 0. The molecule has 2 aromatic rings. The molecule has 0 radical (unpaired) electrons. The molecule has 0 unspecified atom stereocenters. The van der Waals surface area contributed by atoms with Crippen molar-refractivity contribution in [1.82, 2.24) is 0 Å². The molecule has 2 aromatic carbocycles. The second kappa shape index (κ2) is 9.20. The summed E-state index contributed by atoms with van der Waals surface area (Å²) >= 11 is 0. The van der Waals surface area contributed by atoms with Gasteiger partial charge in [0.15, 0.2) is 11.7 Å². The third-order valence-electron chi connectivity index (χ3n) is 7.10. The molecule has 4 rings (SSSR count). The Balaban J connectivity index is 1.76. The van der Waals surface area contributed by atoms with E-state index < -0.39 is 0 Å². The van der Waals surface area contributed by atoms with Gasteiger partial charge in [0.25, 0.3) is 0 Å². The van der Waals surface area contributed by atoms with Crippen molar-refractivity contribution in [2.75, 3.05) is 22.9 Å². The van der Waals surface area contributed by atoms with Gasteiger partial charge in [-0.3, -0.25) is 9.98 Å². The van der Waals surface area contributed by atoms with Gasteiger partial charge in [0.2, 0.25) is 0 Å². The zero-order valence-electron chi connectivity index (χ0n) is 22.4. The molecular weight excluding hydrogens is 416 g/mol. The summed E-state index contributed by atoms with van der Waals surface area (Å²) in [6.45, 7) is 19.9. The van der Waals surface area contributed by atoms with Gasteiger partial charge >= 0.3 is 0 Å². The molecule has 0 bridgehead atoms. The van der Waals surface area contributed by atoms with Gasteiger partial charge in [0, 0.05) is 24.5 Å². The van der Waals surface area contributed by atoms with Crippen LogP contribution in [0.3, 0.4) is 0 Å². The third-order valence-corrected chi connectivity index (χ3v) is 7.10. The van der Waals surface area contributed by atoms with Crippen LogP contribution in [0.5, 0.6) is 0 Å². The smallest absolute Gasteiger partial charge is 0.172 e. The van der Waals surface area contributed by atoms with Crippen molar-refractivity contribution in [3.05, 3.63) is 59.7 Å². The van der Waals surface area contributed by atoms with Gasteiger partial charge in [-0.15, -0.1) is 0 Å². The first-order valence-corrected chi connectivity index (χ1v) is 12.9. The Kier molecular flexibility index (Phi) is 6.63. The number of benzene rings is 2. The van der Waals surface area contributed by atoms with E-state index in [1.165, 1.54) is 22.5 Å². The van der Waals surface area contributed by atoms with Crippen LogP contribution in [0.4, 0.5) is 11.4 Å². The zero-order chi connectivity index (χ0) is 24.7. The molecule has 4 nitrogen and oxygen atoms in total. The van der Waals surface area contributed by atoms with Crippen LogP contribution in [0.2, 0.25) is 0 Å². The van der Waals surface area contributed by atoms with E-state index in [1.54, 1.807) is 0 Å². The first-order chi connectivity index (χ1) is 16.0. The number of aliphatic imine (C=N–C) groups is 2. The van der Waals surface area contributed by atoms with E-state index in [-0.39, 0.29) is 10.8 Å². The van der Waals surface area contributed by atoms with E-state index in [0.717, 1.165) is 37.6 Å². The Morgan fingerprint density at radius 1 is 0.676 bits per heavy atom. The van der Waals surface area contributed by atoms with Crippen LogP contribution in [0.1, 0.15) is 79.4 Å². The summed E-state index contributed by atoms with van der Waals surface area (Å²) in [5.74, 6) is 2.05. The maximum Gasteiger partial charge on any atom is 0.172 e. The molecule has 182 valence electrons. The predicted octanol–water partition coefficient (Wildman–Crippen LogP) is 6.98. The monoisotopic (exact) mass is 458 g/mol. The minimum Gasteiger partial charge on any atom is -0.321 e. The van der Waals surface area contributed by atoms with Crippen molar-refractivity contribution in [1.29, 1.82) is 0 Å². The van der Waals surface area contributed by atoms with Gasteiger partial charge in [-0.25, -0.2) is 0 Å². The van der Waals surface area contributed by atoms with Crippen molar-refractivity contribution < 1.29 is 0 Å². The minimum atomic E-state index is 0.106. The highest BCUT2D eigenvalue weighted by atomic mass is 15.4. The van der Waals surface area contributed by atoms with E-state index in [1.807, 2.05) is 0 Å². The van der Waals surface area contributed by atoms with E-state index in [0.29, 0.717) is 12.1 Å². The summed E-state index contributed by atoms with van der Waals surface area (Å²) in [7, 11) is 0. The van der Waals surface area contributed by atoms with Crippen molar-refractivity contribution in [2.45, 2.75) is 91.1 Å². The second-order valence-electron chi connectivity index (χ2n) is 11.9. The molecule has 4 heteroatoms. The number of hydrogen-bond acceptors (Lipinski definition) is 4. The minimum absolute atomic E-state index is 0.106. The average Bonchev–Trinajstić information content (AvgIpc) is 3.42. The van der Waals surface area contributed by atoms with Crippen LogP contribution in [0, 0.1) is 0 Å². The van der Waals surface area contributed by atoms with Crippen LogP contribution in [0.15, 0.2) is 58.5 Å². The summed E-state index contributed by atoms with van der Waals surface area (Å²) in [6.07, 6.45) is 2.06. The highest BCUT2D eigenvalue weighted by Gasteiger charge is 2.36. The number of nitrogens with zero attached hydrogens (tertiary/aromatic N) is 4. The molecule has 0 aliphatic carbocycles. The molecule has 0 spiro atoms. The Morgan fingerprint density at radius 3 is 1.38 bits per heavy atom. The summed E-state index contributed by atoms with van der Waals surface area (Å²) in [5.41, 5.74) is 5.34. The lowest BCUT2D eigenvalue weighted by atomic mass is 9.87. The van der Waals surface area contributed by atoms with Gasteiger partial charge < -0.3 is 9.80 Å². The predicted molar refractivity (Wildman–Crippen MR) is 148 cm³/mol. The quantitative estimate of drug-likeness (QED) is 0.484. The van der Waals surface area contributed by atoms with Crippen LogP contribution in [0.25, 0.3) is 0 Å². The molecule has 0 amide bonds. The van der Waals surface area contributed by atoms with Crippen LogP contribution < -0.4 is 9.80 Å². The lowest BCUT2D eigenvalue weighted by Crippen LogP contribution is -2.42. The van der Waals surface area contributed by atoms with Gasteiger partial charge in [-0.05, 0) is 59.1 Å². The third kappa shape index (κ3) is 4.92. The largest absolute Gasteiger partial charge is 0.321 e. The fraction of sp³-hybridized carbons (Fsp3) is 0.533. The molecule has 2 atom stereocenters. The van der Waals surface area contributed by atoms with E-state index in [4.69, 9.17) is 9.98 Å². The average molecular weight is 459 g/mol. The van der Waals surface area contributed by atoms with Crippen LogP contribution in [-0.2, 0) is 10.8 Å². The molecule has 2 heterocycles. The molecule has 0 saturated heterocycles. The summed E-state index contributed by atoms with van der Waals surface area (Å²) in [6, 6.07) is 18.5. The molecule has 34 heavy (non-hydrogen) atoms. The van der Waals surface area contributed by atoms with Crippen molar-refractivity contribution in [2.24, 2.45) is 9.98 Å². The number of amidine groups is 2. The Hall–Kier alpha value is -2.62. The zero-order valence-corrected chi connectivity index (χ0v) is 22.4. The number of anilines is 2. The SMILES string of the molecule is CC[C@H]1CN(c2cccc(C(C)(C)C)c2)C(C2=N[C@@H](CC)CN2c2cccc(C(C)(C)C)c2)=N1. The molecule has 0 aromatic heterocycles. The van der Waals surface area contributed by atoms with Gasteiger partial charge in [-0.2, -0.15) is 0 Å². The lowest BCUT2D eigenvalue weighted by Gasteiger charge is -2.29. The van der Waals surface area contributed by atoms with E-state index >= 15 is 0 Å². The maximum atomic E-state index is 5.22. The molecule has 0 N–H and O–H groups in total. The first-order valence-electron chi connectivity index (χ1n) is 12.9. The molecular formula is C30H42N4. The summed E-state index contributed by atoms with van der Waals surface area (Å²) < 4.78 is 0. The normalized spacial score (nSPS) is 21.2. The molecule has 0 saturated carbocycles. The number of rotatable bonds is 5. The Bertz CT molecular complexity index is 996. The van der Waals surface area contributed by atoms with Crippen molar-refractivity contribution in [3.8, 4) is 0 Å². The Morgan fingerprint density at radius 2 is 1.06 bits per heavy atom. The lowest BCUT2D eigenvalue weighted by molar-refractivity contribution is 0.590. The van der Waals surface area contributed by atoms with E-state index in [9.17, 15) is 0 Å².